The topological polar surface area (TPSA) is 39.4 Å². The number of ether oxygens (including phenoxy) is 1. The van der Waals surface area contributed by atoms with E-state index in [0.29, 0.717) is 23.7 Å². The van der Waals surface area contributed by atoms with Gasteiger partial charge >= 0.3 is 0 Å². The third-order valence-electron chi connectivity index (χ3n) is 2.89. The van der Waals surface area contributed by atoms with Crippen LogP contribution in [0.25, 0.3) is 5.65 Å². The molecule has 6 heteroatoms. The van der Waals surface area contributed by atoms with Crippen LogP contribution in [0.3, 0.4) is 0 Å². The van der Waals surface area contributed by atoms with E-state index in [9.17, 15) is 0 Å². The number of halogens is 1. The summed E-state index contributed by atoms with van der Waals surface area (Å²) < 4.78 is 7.17. The molecule has 0 saturated carbocycles. The Kier molecular flexibility index (Phi) is 3.61. The van der Waals surface area contributed by atoms with E-state index < -0.39 is 0 Å². The Morgan fingerprint density at radius 3 is 3.00 bits per heavy atom. The van der Waals surface area contributed by atoms with Gasteiger partial charge in [0.25, 0.3) is 0 Å². The highest BCUT2D eigenvalue weighted by Crippen LogP contribution is 2.12. The maximum atomic E-state index is 5.93. The van der Waals surface area contributed by atoms with Crippen LogP contribution in [0.2, 0.25) is 5.02 Å². The molecule has 20 heavy (non-hydrogen) atoms. The van der Waals surface area contributed by atoms with E-state index in [2.05, 4.69) is 10.1 Å². The number of fused-ring (bicyclic) bond motifs is 1. The van der Waals surface area contributed by atoms with E-state index in [4.69, 9.17) is 24.2 Å². The summed E-state index contributed by atoms with van der Waals surface area (Å²) in [5.41, 5.74) is 2.31. The van der Waals surface area contributed by atoms with Crippen molar-refractivity contribution in [1.29, 1.82) is 0 Å². The summed E-state index contributed by atoms with van der Waals surface area (Å²) in [5.74, 6) is 0.518. The van der Waals surface area contributed by atoms with Crippen molar-refractivity contribution in [2.45, 2.75) is 6.42 Å². The molecule has 0 amide bonds. The van der Waals surface area contributed by atoms with E-state index in [1.807, 2.05) is 30.3 Å². The fourth-order valence-corrected chi connectivity index (χ4v) is 2.13. The summed E-state index contributed by atoms with van der Waals surface area (Å²) >= 11 is 5.93. The lowest BCUT2D eigenvalue weighted by Crippen LogP contribution is -2.13. The average molecular weight is 284 g/mol. The minimum atomic E-state index is 0.486. The van der Waals surface area contributed by atoms with Crippen molar-refractivity contribution in [2.75, 3.05) is 6.61 Å². The van der Waals surface area contributed by atoms with Crippen LogP contribution < -0.4 is 10.3 Å². The molecule has 1 aromatic carbocycles. The van der Waals surface area contributed by atoms with Gasteiger partial charge in [0.15, 0.2) is 5.65 Å². The average Bonchev–Trinajstić information content (AvgIpc) is 2.80. The third-order valence-corrected chi connectivity index (χ3v) is 3.13. The van der Waals surface area contributed by atoms with Gasteiger partial charge in [-0.3, -0.25) is 0 Å². The molecule has 0 fully saturated rings. The van der Waals surface area contributed by atoms with Gasteiger partial charge in [0.1, 0.15) is 7.85 Å². The van der Waals surface area contributed by atoms with Crippen molar-refractivity contribution >= 4 is 30.7 Å². The zero-order valence-electron chi connectivity index (χ0n) is 10.7. The second-order valence-corrected chi connectivity index (χ2v) is 4.79. The maximum absolute atomic E-state index is 5.93. The predicted octanol–water partition coefficient (Wildman–Crippen LogP) is 1.80. The third kappa shape index (κ3) is 2.78. The van der Waals surface area contributed by atoms with Crippen molar-refractivity contribution in [3.63, 3.8) is 0 Å². The highest BCUT2D eigenvalue weighted by atomic mass is 35.5. The first-order valence-electron chi connectivity index (χ1n) is 6.20. The molecule has 0 bridgehead atoms. The van der Waals surface area contributed by atoms with Gasteiger partial charge in [-0.2, -0.15) is 0 Å². The molecular formula is C14H11BClN3O. The Balaban J connectivity index is 1.66. The zero-order valence-corrected chi connectivity index (χ0v) is 11.4. The molecule has 3 rings (SSSR count). The first-order valence-corrected chi connectivity index (χ1v) is 6.58. The van der Waals surface area contributed by atoms with Crippen LogP contribution in [-0.4, -0.2) is 29.1 Å². The Morgan fingerprint density at radius 2 is 2.15 bits per heavy atom. The van der Waals surface area contributed by atoms with Gasteiger partial charge < -0.3 is 4.74 Å². The Labute approximate surface area is 122 Å². The molecule has 4 nitrogen and oxygen atoms in total. The summed E-state index contributed by atoms with van der Waals surface area (Å²) in [6.45, 7) is 0.521. The van der Waals surface area contributed by atoms with E-state index in [1.165, 1.54) is 0 Å². The van der Waals surface area contributed by atoms with Gasteiger partial charge in [-0.1, -0.05) is 23.7 Å². The smallest absolute Gasteiger partial charge is 0.231 e. The molecule has 0 aliphatic heterocycles. The van der Waals surface area contributed by atoms with Crippen LogP contribution in [0.5, 0.6) is 5.88 Å². The van der Waals surface area contributed by atoms with Gasteiger partial charge in [-0.15, -0.1) is 5.10 Å². The molecule has 0 N–H and O–H groups in total. The van der Waals surface area contributed by atoms with E-state index in [1.54, 1.807) is 16.8 Å². The van der Waals surface area contributed by atoms with E-state index in [0.717, 1.165) is 17.0 Å². The molecule has 0 spiro atoms. The summed E-state index contributed by atoms with van der Waals surface area (Å²) in [4.78, 5) is 4.10. The van der Waals surface area contributed by atoms with Crippen LogP contribution in [0.15, 0.2) is 42.6 Å². The van der Waals surface area contributed by atoms with Gasteiger partial charge in [0.05, 0.1) is 6.61 Å². The second kappa shape index (κ2) is 5.55. The normalized spacial score (nSPS) is 10.8. The Morgan fingerprint density at radius 1 is 1.25 bits per heavy atom. The molecular weight excluding hydrogens is 272 g/mol. The highest BCUT2D eigenvalue weighted by Gasteiger charge is 2.02. The first-order chi connectivity index (χ1) is 9.72. The van der Waals surface area contributed by atoms with Crippen molar-refractivity contribution in [2.24, 2.45) is 0 Å². The quantitative estimate of drug-likeness (QED) is 0.686. The van der Waals surface area contributed by atoms with Gasteiger partial charge in [0.2, 0.25) is 5.88 Å². The zero-order chi connectivity index (χ0) is 13.9. The first kappa shape index (κ1) is 13.0. The predicted molar refractivity (Wildman–Crippen MR) is 79.0 cm³/mol. The number of hydrogen-bond acceptors (Lipinski definition) is 3. The largest absolute Gasteiger partial charge is 0.476 e. The van der Waals surface area contributed by atoms with Crippen molar-refractivity contribution < 1.29 is 4.74 Å². The van der Waals surface area contributed by atoms with Crippen molar-refractivity contribution in [3.05, 3.63) is 53.2 Å². The molecule has 3 aromatic rings. The summed E-state index contributed by atoms with van der Waals surface area (Å²) in [7, 11) is 5.75. The van der Waals surface area contributed by atoms with Crippen molar-refractivity contribution in [1.82, 2.24) is 14.6 Å². The molecule has 0 atom stereocenters. The second-order valence-electron chi connectivity index (χ2n) is 4.35. The van der Waals surface area contributed by atoms with Gasteiger partial charge in [-0.05, 0) is 23.8 Å². The van der Waals surface area contributed by atoms with Crippen molar-refractivity contribution in [3.8, 4) is 5.88 Å². The lowest BCUT2D eigenvalue weighted by Gasteiger charge is -2.06. The fourth-order valence-electron chi connectivity index (χ4n) is 1.92. The number of aromatic nitrogens is 3. The lowest BCUT2D eigenvalue weighted by atomic mass is 10.1. The van der Waals surface area contributed by atoms with E-state index >= 15 is 0 Å². The molecule has 2 radical (unpaired) electrons. The number of benzene rings is 1. The van der Waals surface area contributed by atoms with Gasteiger partial charge in [-0.25, -0.2) is 9.50 Å². The number of imidazole rings is 1. The Hall–Kier alpha value is -2.01. The highest BCUT2D eigenvalue weighted by molar-refractivity contribution is 6.31. The maximum Gasteiger partial charge on any atom is 0.231 e. The van der Waals surface area contributed by atoms with Crippen LogP contribution in [0.1, 0.15) is 5.56 Å². The number of rotatable bonds is 4. The fraction of sp³-hybridized carbons (Fsp3) is 0.143. The Bertz CT molecular complexity index is 744. The molecule has 2 aromatic heterocycles. The summed E-state index contributed by atoms with van der Waals surface area (Å²) in [6.07, 6.45) is 2.33. The van der Waals surface area contributed by atoms with Gasteiger partial charge in [0, 0.05) is 29.3 Å². The molecule has 0 saturated heterocycles. The minimum absolute atomic E-state index is 0.486. The monoisotopic (exact) mass is 283 g/mol. The lowest BCUT2D eigenvalue weighted by molar-refractivity contribution is 0.305. The van der Waals surface area contributed by atoms with Crippen LogP contribution in [0, 0.1) is 0 Å². The van der Waals surface area contributed by atoms with Crippen LogP contribution >= 0.6 is 11.6 Å². The molecule has 0 aliphatic carbocycles. The molecule has 0 aliphatic rings. The molecule has 0 unspecified atom stereocenters. The van der Waals surface area contributed by atoms with E-state index in [-0.39, 0.29) is 0 Å². The standard InChI is InChI=1S/C14H11BClN3O/c15-12-9-17-13-4-5-14(18-19(12)13)20-7-6-10-2-1-3-11(16)8-10/h1-5,8-9H,6-7H2. The van der Waals surface area contributed by atoms with Crippen LogP contribution in [-0.2, 0) is 6.42 Å². The minimum Gasteiger partial charge on any atom is -0.476 e. The summed E-state index contributed by atoms with van der Waals surface area (Å²) in [5, 5.41) is 4.99. The van der Waals surface area contributed by atoms with Crippen LogP contribution in [0.4, 0.5) is 0 Å². The SMILES string of the molecule is [B]c1cnc2ccc(OCCc3cccc(Cl)c3)nn12. The number of nitrogens with zero attached hydrogens (tertiary/aromatic N) is 3. The molecule has 98 valence electrons. The summed E-state index contributed by atoms with van der Waals surface area (Å²) in [6, 6.07) is 11.3. The molecule has 2 heterocycles. The number of hydrogen-bond donors (Lipinski definition) is 0.